The molecule has 1 heteroatoms. The molecule has 1 heterocycles. The minimum Gasteiger partial charge on any atom is -0.375 e. The quantitative estimate of drug-likeness (QED) is 0.590. The summed E-state index contributed by atoms with van der Waals surface area (Å²) in [7, 11) is 0. The molecule has 4 aliphatic rings. The van der Waals surface area contributed by atoms with Gasteiger partial charge in [0, 0.05) is 6.61 Å². The lowest BCUT2D eigenvalue weighted by molar-refractivity contribution is -0.128. The van der Waals surface area contributed by atoms with Gasteiger partial charge in [0.25, 0.3) is 0 Å². The molecule has 4 fully saturated rings. The smallest absolute Gasteiger partial charge is 0.0716 e. The Morgan fingerprint density at radius 3 is 2.87 bits per heavy atom. The number of rotatable bonds is 0. The lowest BCUT2D eigenvalue weighted by atomic mass is 9.70. The van der Waals surface area contributed by atoms with Crippen molar-refractivity contribution in [3.05, 3.63) is 0 Å². The summed E-state index contributed by atoms with van der Waals surface area (Å²) in [6.45, 7) is 1.06. The van der Waals surface area contributed by atoms with Crippen molar-refractivity contribution in [2.75, 3.05) is 6.61 Å². The fourth-order valence-electron chi connectivity index (χ4n) is 5.46. The molecule has 2 bridgehead atoms. The summed E-state index contributed by atoms with van der Waals surface area (Å²) in [5.41, 5.74) is 0.383. The van der Waals surface area contributed by atoms with E-state index in [0.717, 1.165) is 30.3 Å². The zero-order valence-electron chi connectivity index (χ0n) is 9.58. The van der Waals surface area contributed by atoms with E-state index in [2.05, 4.69) is 0 Å². The third-order valence-electron chi connectivity index (χ3n) is 5.96. The van der Waals surface area contributed by atoms with E-state index in [9.17, 15) is 0 Å². The van der Waals surface area contributed by atoms with Crippen molar-refractivity contribution < 1.29 is 4.74 Å². The van der Waals surface area contributed by atoms with Gasteiger partial charge in [-0.15, -0.1) is 0 Å². The Labute approximate surface area is 92.6 Å². The van der Waals surface area contributed by atoms with E-state index >= 15 is 0 Å². The molecule has 0 radical (unpaired) electrons. The van der Waals surface area contributed by atoms with Gasteiger partial charge in [0.15, 0.2) is 0 Å². The van der Waals surface area contributed by atoms with Gasteiger partial charge in [-0.3, -0.25) is 0 Å². The van der Waals surface area contributed by atoms with E-state index in [-0.39, 0.29) is 0 Å². The van der Waals surface area contributed by atoms with Crippen molar-refractivity contribution in [3.63, 3.8) is 0 Å². The van der Waals surface area contributed by atoms with Gasteiger partial charge >= 0.3 is 0 Å². The molecule has 4 rings (SSSR count). The second kappa shape index (κ2) is 3.00. The average molecular weight is 206 g/mol. The fraction of sp³-hybridized carbons (Fsp3) is 1.00. The van der Waals surface area contributed by atoms with Crippen LogP contribution in [0.1, 0.15) is 51.4 Å². The molecule has 5 unspecified atom stereocenters. The normalized spacial score (nSPS) is 57.6. The first-order valence-electron chi connectivity index (χ1n) is 7.01. The average Bonchev–Trinajstić information content (AvgIpc) is 2.80. The highest BCUT2D eigenvalue weighted by Gasteiger charge is 2.57. The molecule has 3 saturated carbocycles. The Kier molecular flexibility index (Phi) is 1.81. The molecule has 5 atom stereocenters. The van der Waals surface area contributed by atoms with Crippen LogP contribution in [0.2, 0.25) is 0 Å². The highest BCUT2D eigenvalue weighted by atomic mass is 16.5. The molecule has 0 amide bonds. The van der Waals surface area contributed by atoms with Crippen LogP contribution in [0.15, 0.2) is 0 Å². The maximum atomic E-state index is 6.27. The summed E-state index contributed by atoms with van der Waals surface area (Å²) in [5, 5.41) is 0. The Bertz CT molecular complexity index is 275. The zero-order valence-corrected chi connectivity index (χ0v) is 9.58. The standard InChI is InChI=1S/C14H22O/c1-3-10-8-14-9-11(13(10)5-1)7-12(14)4-2-6-15-14/h10-13H,1-9H2. The SMILES string of the molecule is C1CC2CC34CC(CC3CCCO4)C2C1. The summed E-state index contributed by atoms with van der Waals surface area (Å²) in [6, 6.07) is 0. The first kappa shape index (κ1) is 9.04. The third-order valence-corrected chi connectivity index (χ3v) is 5.96. The highest BCUT2D eigenvalue weighted by Crippen LogP contribution is 2.61. The van der Waals surface area contributed by atoms with E-state index in [0.29, 0.717) is 5.60 Å². The maximum absolute atomic E-state index is 6.27. The van der Waals surface area contributed by atoms with Gasteiger partial charge in [0.1, 0.15) is 0 Å². The van der Waals surface area contributed by atoms with Crippen LogP contribution in [-0.2, 0) is 4.74 Å². The maximum Gasteiger partial charge on any atom is 0.0716 e. The predicted molar refractivity (Wildman–Crippen MR) is 59.6 cm³/mol. The van der Waals surface area contributed by atoms with Crippen LogP contribution in [0.25, 0.3) is 0 Å². The van der Waals surface area contributed by atoms with Crippen molar-refractivity contribution in [2.24, 2.45) is 23.7 Å². The van der Waals surface area contributed by atoms with Crippen molar-refractivity contribution in [1.82, 2.24) is 0 Å². The van der Waals surface area contributed by atoms with E-state index in [4.69, 9.17) is 4.74 Å². The van der Waals surface area contributed by atoms with Gasteiger partial charge in [0.05, 0.1) is 5.60 Å². The van der Waals surface area contributed by atoms with Crippen LogP contribution in [0.4, 0.5) is 0 Å². The lowest BCUT2D eigenvalue weighted by Crippen LogP contribution is -2.44. The fourth-order valence-corrected chi connectivity index (χ4v) is 5.46. The summed E-state index contributed by atoms with van der Waals surface area (Å²) in [6.07, 6.45) is 11.7. The van der Waals surface area contributed by atoms with Crippen molar-refractivity contribution in [3.8, 4) is 0 Å². The van der Waals surface area contributed by atoms with Crippen molar-refractivity contribution in [2.45, 2.75) is 57.0 Å². The molecule has 84 valence electrons. The molecule has 1 spiro atoms. The topological polar surface area (TPSA) is 9.23 Å². The molecule has 0 aromatic carbocycles. The van der Waals surface area contributed by atoms with Crippen LogP contribution in [0, 0.1) is 23.7 Å². The Morgan fingerprint density at radius 1 is 0.933 bits per heavy atom. The summed E-state index contributed by atoms with van der Waals surface area (Å²) >= 11 is 0. The van der Waals surface area contributed by atoms with Crippen molar-refractivity contribution >= 4 is 0 Å². The minimum absolute atomic E-state index is 0.383. The molecule has 15 heavy (non-hydrogen) atoms. The van der Waals surface area contributed by atoms with E-state index < -0.39 is 0 Å². The van der Waals surface area contributed by atoms with Gasteiger partial charge in [-0.05, 0) is 62.2 Å². The second-order valence-corrected chi connectivity index (χ2v) is 6.51. The van der Waals surface area contributed by atoms with Crippen LogP contribution < -0.4 is 0 Å². The highest BCUT2D eigenvalue weighted by molar-refractivity contribution is 5.08. The largest absolute Gasteiger partial charge is 0.375 e. The van der Waals surface area contributed by atoms with Crippen LogP contribution in [0.3, 0.4) is 0 Å². The second-order valence-electron chi connectivity index (χ2n) is 6.51. The molecule has 3 aliphatic carbocycles. The van der Waals surface area contributed by atoms with Gasteiger partial charge < -0.3 is 4.74 Å². The van der Waals surface area contributed by atoms with Crippen LogP contribution in [0.5, 0.6) is 0 Å². The molecule has 1 aliphatic heterocycles. The molecule has 0 N–H and O–H groups in total. The van der Waals surface area contributed by atoms with Gasteiger partial charge in [-0.1, -0.05) is 12.8 Å². The molecule has 0 aromatic rings. The van der Waals surface area contributed by atoms with Crippen LogP contribution in [-0.4, -0.2) is 12.2 Å². The van der Waals surface area contributed by atoms with E-state index in [1.807, 2.05) is 0 Å². The van der Waals surface area contributed by atoms with Gasteiger partial charge in [-0.2, -0.15) is 0 Å². The summed E-state index contributed by atoms with van der Waals surface area (Å²) < 4.78 is 6.27. The zero-order chi connectivity index (χ0) is 9.88. The van der Waals surface area contributed by atoms with Crippen molar-refractivity contribution in [1.29, 1.82) is 0 Å². The molecular weight excluding hydrogens is 184 g/mol. The molecule has 1 nitrogen and oxygen atoms in total. The Balaban J connectivity index is 1.68. The summed E-state index contributed by atoms with van der Waals surface area (Å²) in [5.74, 6) is 4.15. The Morgan fingerprint density at radius 2 is 1.87 bits per heavy atom. The Hall–Kier alpha value is -0.0400. The minimum atomic E-state index is 0.383. The van der Waals surface area contributed by atoms with E-state index in [1.54, 1.807) is 0 Å². The number of ether oxygens (including phenoxy) is 1. The van der Waals surface area contributed by atoms with Gasteiger partial charge in [-0.25, -0.2) is 0 Å². The number of fused-ring (bicyclic) bond motifs is 3. The van der Waals surface area contributed by atoms with Gasteiger partial charge in [0.2, 0.25) is 0 Å². The predicted octanol–water partition coefficient (Wildman–Crippen LogP) is 3.38. The summed E-state index contributed by atoms with van der Waals surface area (Å²) in [4.78, 5) is 0. The molecule has 0 aromatic heterocycles. The molecular formula is C14H22O. The first-order chi connectivity index (χ1) is 7.37. The lowest BCUT2D eigenvalue weighted by Gasteiger charge is -2.44. The van der Waals surface area contributed by atoms with Crippen LogP contribution >= 0.6 is 0 Å². The van der Waals surface area contributed by atoms with E-state index in [1.165, 1.54) is 51.4 Å². The number of hydrogen-bond donors (Lipinski definition) is 0. The third kappa shape index (κ3) is 1.13. The monoisotopic (exact) mass is 206 g/mol. The molecule has 1 saturated heterocycles. The first-order valence-corrected chi connectivity index (χ1v) is 7.01. The number of hydrogen-bond acceptors (Lipinski definition) is 1.